The third kappa shape index (κ3) is 3.70. The monoisotopic (exact) mass is 434 g/mol. The summed E-state index contributed by atoms with van der Waals surface area (Å²) < 4.78 is 10.7. The summed E-state index contributed by atoms with van der Waals surface area (Å²) in [6, 6.07) is 32.4. The van der Waals surface area contributed by atoms with E-state index in [0.717, 1.165) is 44.9 Å². The Morgan fingerprint density at radius 3 is 1.55 bits per heavy atom. The standard InChI is InChI=1S/C30H26O3/c1-32-23-15-11-21(12-16-23)19-30(20-22-13-17-24(33-2)18-14-22)28-10-6-5-8-26(28)25-7-3-4-9-27(25)29(30)31/h3-18H,19-20H2,1-2H3. The van der Waals surface area contributed by atoms with Gasteiger partial charge in [-0.2, -0.15) is 0 Å². The van der Waals surface area contributed by atoms with Gasteiger partial charge in [-0.3, -0.25) is 4.79 Å². The zero-order valence-corrected chi connectivity index (χ0v) is 18.9. The smallest absolute Gasteiger partial charge is 0.174 e. The summed E-state index contributed by atoms with van der Waals surface area (Å²) in [7, 11) is 3.33. The van der Waals surface area contributed by atoms with Gasteiger partial charge in [-0.05, 0) is 64.9 Å². The van der Waals surface area contributed by atoms with Gasteiger partial charge in [0.15, 0.2) is 5.78 Å². The molecular weight excluding hydrogens is 408 g/mol. The number of hydrogen-bond donors (Lipinski definition) is 0. The Morgan fingerprint density at radius 2 is 1.03 bits per heavy atom. The molecule has 33 heavy (non-hydrogen) atoms. The highest BCUT2D eigenvalue weighted by Gasteiger charge is 2.46. The predicted molar refractivity (Wildman–Crippen MR) is 131 cm³/mol. The maximum absolute atomic E-state index is 14.3. The third-order valence-corrected chi connectivity index (χ3v) is 6.67. The van der Waals surface area contributed by atoms with Crippen LogP contribution in [0.25, 0.3) is 11.1 Å². The molecule has 0 heterocycles. The number of benzene rings is 4. The molecule has 4 aromatic carbocycles. The summed E-state index contributed by atoms with van der Waals surface area (Å²) in [4.78, 5) is 14.3. The van der Waals surface area contributed by atoms with E-state index >= 15 is 0 Å². The number of carbonyl (C=O) groups excluding carboxylic acids is 1. The van der Waals surface area contributed by atoms with Crippen LogP contribution in [0.2, 0.25) is 0 Å². The molecule has 5 rings (SSSR count). The molecule has 0 N–H and O–H groups in total. The maximum atomic E-state index is 14.3. The van der Waals surface area contributed by atoms with E-state index in [1.54, 1.807) is 14.2 Å². The van der Waals surface area contributed by atoms with Gasteiger partial charge in [0.05, 0.1) is 19.6 Å². The maximum Gasteiger partial charge on any atom is 0.174 e. The number of ketones is 1. The second-order valence-electron chi connectivity index (χ2n) is 8.55. The van der Waals surface area contributed by atoms with E-state index in [1.165, 1.54) is 0 Å². The van der Waals surface area contributed by atoms with Crippen molar-refractivity contribution in [1.29, 1.82) is 0 Å². The molecule has 0 atom stereocenters. The molecule has 0 radical (unpaired) electrons. The molecule has 1 aliphatic carbocycles. The van der Waals surface area contributed by atoms with Crippen LogP contribution >= 0.6 is 0 Å². The fourth-order valence-corrected chi connectivity index (χ4v) is 5.03. The minimum absolute atomic E-state index is 0.170. The Hall–Kier alpha value is -3.85. The second kappa shape index (κ2) is 8.59. The van der Waals surface area contributed by atoms with E-state index in [9.17, 15) is 4.79 Å². The van der Waals surface area contributed by atoms with E-state index in [-0.39, 0.29) is 5.78 Å². The van der Waals surface area contributed by atoms with Crippen molar-refractivity contribution in [1.82, 2.24) is 0 Å². The largest absolute Gasteiger partial charge is 0.497 e. The van der Waals surface area contributed by atoms with Crippen molar-refractivity contribution in [3.05, 3.63) is 119 Å². The van der Waals surface area contributed by atoms with E-state index in [4.69, 9.17) is 9.47 Å². The van der Waals surface area contributed by atoms with Crippen LogP contribution in [0.5, 0.6) is 11.5 Å². The number of ether oxygens (including phenoxy) is 2. The molecule has 0 unspecified atom stereocenters. The van der Waals surface area contributed by atoms with Gasteiger partial charge in [0.1, 0.15) is 11.5 Å². The van der Waals surface area contributed by atoms with Crippen LogP contribution in [0.4, 0.5) is 0 Å². The molecule has 1 aliphatic rings. The normalized spacial score (nSPS) is 13.7. The number of rotatable bonds is 6. The Morgan fingerprint density at radius 1 is 0.576 bits per heavy atom. The Bertz CT molecular complexity index is 1240. The summed E-state index contributed by atoms with van der Waals surface area (Å²) in [5.41, 5.74) is 5.51. The molecule has 3 heteroatoms. The fourth-order valence-electron chi connectivity index (χ4n) is 5.03. The Kier molecular flexibility index (Phi) is 5.47. The van der Waals surface area contributed by atoms with Crippen molar-refractivity contribution in [2.24, 2.45) is 0 Å². The van der Waals surface area contributed by atoms with Crippen molar-refractivity contribution in [2.45, 2.75) is 18.3 Å². The van der Waals surface area contributed by atoms with Crippen molar-refractivity contribution in [3.8, 4) is 22.6 Å². The first kappa shape index (κ1) is 21.0. The molecule has 3 nitrogen and oxygen atoms in total. The molecule has 0 aliphatic heterocycles. The van der Waals surface area contributed by atoms with Crippen molar-refractivity contribution in [2.75, 3.05) is 14.2 Å². The average Bonchev–Trinajstić information content (AvgIpc) is 2.88. The quantitative estimate of drug-likeness (QED) is 0.358. The van der Waals surface area contributed by atoms with E-state index in [1.807, 2.05) is 48.5 Å². The van der Waals surface area contributed by atoms with Gasteiger partial charge in [0.25, 0.3) is 0 Å². The summed E-state index contributed by atoms with van der Waals surface area (Å²) in [6.45, 7) is 0. The minimum atomic E-state index is -0.714. The topological polar surface area (TPSA) is 35.5 Å². The van der Waals surface area contributed by atoms with E-state index in [2.05, 4.69) is 48.5 Å². The van der Waals surface area contributed by atoms with Crippen LogP contribution in [0.3, 0.4) is 0 Å². The first-order chi connectivity index (χ1) is 16.1. The molecule has 0 saturated heterocycles. The van der Waals surface area contributed by atoms with Gasteiger partial charge in [0.2, 0.25) is 0 Å². The molecular formula is C30H26O3. The Balaban J connectivity index is 1.69. The highest BCUT2D eigenvalue weighted by atomic mass is 16.5. The highest BCUT2D eigenvalue weighted by Crippen LogP contribution is 2.46. The zero-order chi connectivity index (χ0) is 22.8. The summed E-state index contributed by atoms with van der Waals surface area (Å²) >= 11 is 0. The van der Waals surface area contributed by atoms with Crippen molar-refractivity contribution in [3.63, 3.8) is 0 Å². The van der Waals surface area contributed by atoms with Crippen LogP contribution in [-0.2, 0) is 18.3 Å². The van der Waals surface area contributed by atoms with Crippen molar-refractivity contribution < 1.29 is 14.3 Å². The molecule has 0 amide bonds. The molecule has 0 fully saturated rings. The summed E-state index contributed by atoms with van der Waals surface area (Å²) in [5, 5.41) is 0. The zero-order valence-electron chi connectivity index (χ0n) is 18.9. The first-order valence-corrected chi connectivity index (χ1v) is 11.1. The Labute approximate surface area is 194 Å². The number of hydrogen-bond acceptors (Lipinski definition) is 3. The van der Waals surface area contributed by atoms with Gasteiger partial charge in [0, 0.05) is 5.56 Å². The van der Waals surface area contributed by atoms with Gasteiger partial charge in [-0.25, -0.2) is 0 Å². The van der Waals surface area contributed by atoms with Crippen LogP contribution in [0, 0.1) is 0 Å². The molecule has 0 aromatic heterocycles. The number of methoxy groups -OCH3 is 2. The van der Waals surface area contributed by atoms with E-state index in [0.29, 0.717) is 12.8 Å². The average molecular weight is 435 g/mol. The lowest BCUT2D eigenvalue weighted by Crippen LogP contribution is -2.43. The van der Waals surface area contributed by atoms with Crippen LogP contribution in [0.1, 0.15) is 27.0 Å². The molecule has 0 saturated carbocycles. The lowest BCUT2D eigenvalue weighted by Gasteiger charge is -2.39. The lowest BCUT2D eigenvalue weighted by molar-refractivity contribution is 0.0877. The van der Waals surface area contributed by atoms with E-state index < -0.39 is 5.41 Å². The minimum Gasteiger partial charge on any atom is -0.497 e. The van der Waals surface area contributed by atoms with Gasteiger partial charge in [-0.1, -0.05) is 72.8 Å². The predicted octanol–water partition coefficient (Wildman–Crippen LogP) is 6.29. The molecule has 4 aromatic rings. The van der Waals surface area contributed by atoms with Gasteiger partial charge in [-0.15, -0.1) is 0 Å². The highest BCUT2D eigenvalue weighted by molar-refractivity contribution is 6.13. The number of fused-ring (bicyclic) bond motifs is 3. The van der Waals surface area contributed by atoms with Gasteiger partial charge >= 0.3 is 0 Å². The van der Waals surface area contributed by atoms with Crippen molar-refractivity contribution >= 4 is 5.78 Å². The van der Waals surface area contributed by atoms with Crippen LogP contribution < -0.4 is 9.47 Å². The number of carbonyl (C=O) groups is 1. The second-order valence-corrected chi connectivity index (χ2v) is 8.55. The summed E-state index contributed by atoms with van der Waals surface area (Å²) in [5.74, 6) is 1.79. The molecule has 0 bridgehead atoms. The molecule has 164 valence electrons. The lowest BCUT2D eigenvalue weighted by atomic mass is 9.61. The SMILES string of the molecule is COc1ccc(CC2(Cc3ccc(OC)cc3)C(=O)c3ccccc3-c3ccccc32)cc1. The molecule has 0 spiro atoms. The third-order valence-electron chi connectivity index (χ3n) is 6.67. The first-order valence-electron chi connectivity index (χ1n) is 11.1. The summed E-state index contributed by atoms with van der Waals surface area (Å²) in [6.07, 6.45) is 1.21. The van der Waals surface area contributed by atoms with Gasteiger partial charge < -0.3 is 9.47 Å². The van der Waals surface area contributed by atoms with Crippen LogP contribution in [0.15, 0.2) is 97.1 Å². The fraction of sp³-hybridized carbons (Fsp3) is 0.167. The number of Topliss-reactive ketones (excluding diaryl/α,β-unsaturated/α-hetero) is 1. The van der Waals surface area contributed by atoms with Crippen LogP contribution in [-0.4, -0.2) is 20.0 Å².